The summed E-state index contributed by atoms with van der Waals surface area (Å²) in [6.07, 6.45) is 5.47. The lowest BCUT2D eigenvalue weighted by atomic mass is 9.97. The van der Waals surface area contributed by atoms with Crippen molar-refractivity contribution < 1.29 is 4.39 Å². The van der Waals surface area contributed by atoms with Crippen LogP contribution in [0.25, 0.3) is 39.1 Å². The zero-order valence-corrected chi connectivity index (χ0v) is 17.6. The Kier molecular flexibility index (Phi) is 5.00. The average Bonchev–Trinajstić information content (AvgIpc) is 3.41. The van der Waals surface area contributed by atoms with Gasteiger partial charge >= 0.3 is 0 Å². The minimum atomic E-state index is -0.259. The van der Waals surface area contributed by atoms with Crippen molar-refractivity contribution in [2.24, 2.45) is 0 Å². The second kappa shape index (κ2) is 8.12. The van der Waals surface area contributed by atoms with Crippen molar-refractivity contribution in [2.45, 2.75) is 6.92 Å². The van der Waals surface area contributed by atoms with Crippen LogP contribution in [0, 0.1) is 12.7 Å². The summed E-state index contributed by atoms with van der Waals surface area (Å²) in [4.78, 5) is 7.93. The standard InChI is InChI=1S/C27H21FN4/c1-3-6-21(18-8-11-20(28)12-9-18)22-16-26(30-17(22)2)27-23-15-19(10-13-25(23)31-32-27)24-7-4-5-14-29-24/h3-16,30H,1H2,2H3,(H,31,32)/b21-6-. The Labute approximate surface area is 185 Å². The fraction of sp³-hybridized carbons (Fsp3) is 0.0370. The van der Waals surface area contributed by atoms with Gasteiger partial charge < -0.3 is 4.98 Å². The van der Waals surface area contributed by atoms with Crippen molar-refractivity contribution in [3.05, 3.63) is 114 Å². The molecule has 0 radical (unpaired) electrons. The lowest BCUT2D eigenvalue weighted by molar-refractivity contribution is 0.627. The summed E-state index contributed by atoms with van der Waals surface area (Å²) < 4.78 is 13.4. The first-order valence-corrected chi connectivity index (χ1v) is 10.3. The summed E-state index contributed by atoms with van der Waals surface area (Å²) in [6, 6.07) is 20.6. The predicted octanol–water partition coefficient (Wildman–Crippen LogP) is 6.69. The quantitative estimate of drug-likeness (QED) is 0.311. The normalized spacial score (nSPS) is 11.8. The van der Waals surface area contributed by atoms with E-state index in [0.29, 0.717) is 0 Å². The van der Waals surface area contributed by atoms with Gasteiger partial charge in [-0.3, -0.25) is 10.1 Å². The minimum Gasteiger partial charge on any atom is -0.357 e. The lowest BCUT2D eigenvalue weighted by Crippen LogP contribution is -1.89. The molecule has 0 amide bonds. The average molecular weight is 420 g/mol. The van der Waals surface area contributed by atoms with Gasteiger partial charge in [0, 0.05) is 28.4 Å². The highest BCUT2D eigenvalue weighted by Crippen LogP contribution is 2.34. The molecular weight excluding hydrogens is 399 g/mol. The van der Waals surface area contributed by atoms with Crippen molar-refractivity contribution >= 4 is 16.5 Å². The van der Waals surface area contributed by atoms with E-state index in [2.05, 4.69) is 38.9 Å². The Balaban J connectivity index is 1.61. The van der Waals surface area contributed by atoms with E-state index in [4.69, 9.17) is 0 Å². The number of allylic oxidation sites excluding steroid dienone is 2. The zero-order valence-electron chi connectivity index (χ0n) is 17.6. The van der Waals surface area contributed by atoms with Gasteiger partial charge in [-0.25, -0.2) is 4.39 Å². The Hall–Kier alpha value is -4.25. The molecule has 3 heterocycles. The van der Waals surface area contributed by atoms with Crippen molar-refractivity contribution in [2.75, 3.05) is 0 Å². The molecule has 0 unspecified atom stereocenters. The lowest BCUT2D eigenvalue weighted by Gasteiger charge is -2.07. The number of aryl methyl sites for hydroxylation is 1. The van der Waals surface area contributed by atoms with E-state index in [0.717, 1.165) is 55.9 Å². The topological polar surface area (TPSA) is 57.4 Å². The van der Waals surface area contributed by atoms with Gasteiger partial charge in [0.1, 0.15) is 11.5 Å². The Morgan fingerprint density at radius 1 is 1.03 bits per heavy atom. The minimum absolute atomic E-state index is 0.259. The Morgan fingerprint density at radius 3 is 2.62 bits per heavy atom. The number of rotatable bonds is 5. The fourth-order valence-corrected chi connectivity index (χ4v) is 3.97. The summed E-state index contributed by atoms with van der Waals surface area (Å²) in [5.74, 6) is -0.259. The largest absolute Gasteiger partial charge is 0.357 e. The second-order valence-corrected chi connectivity index (χ2v) is 7.59. The summed E-state index contributed by atoms with van der Waals surface area (Å²) in [5, 5.41) is 8.71. The highest BCUT2D eigenvalue weighted by Gasteiger charge is 2.16. The van der Waals surface area contributed by atoms with Gasteiger partial charge in [0.2, 0.25) is 0 Å². The molecule has 0 aliphatic rings. The Bertz CT molecular complexity index is 1440. The number of halogens is 1. The predicted molar refractivity (Wildman–Crippen MR) is 128 cm³/mol. The highest BCUT2D eigenvalue weighted by molar-refractivity contribution is 5.96. The zero-order chi connectivity index (χ0) is 22.1. The molecule has 5 heteroatoms. The van der Waals surface area contributed by atoms with E-state index in [1.54, 1.807) is 24.4 Å². The van der Waals surface area contributed by atoms with Crippen LogP contribution in [-0.2, 0) is 0 Å². The highest BCUT2D eigenvalue weighted by atomic mass is 19.1. The molecule has 4 nitrogen and oxygen atoms in total. The molecule has 0 aliphatic heterocycles. The number of nitrogens with zero attached hydrogens (tertiary/aromatic N) is 2. The van der Waals surface area contributed by atoms with Crippen LogP contribution < -0.4 is 0 Å². The number of hydrogen-bond donors (Lipinski definition) is 2. The van der Waals surface area contributed by atoms with E-state index in [-0.39, 0.29) is 5.82 Å². The number of aromatic amines is 2. The van der Waals surface area contributed by atoms with Gasteiger partial charge in [0.15, 0.2) is 0 Å². The number of nitrogens with one attached hydrogen (secondary N) is 2. The van der Waals surface area contributed by atoms with E-state index in [9.17, 15) is 4.39 Å². The first-order chi connectivity index (χ1) is 15.6. The molecule has 32 heavy (non-hydrogen) atoms. The van der Waals surface area contributed by atoms with E-state index < -0.39 is 0 Å². The monoisotopic (exact) mass is 420 g/mol. The van der Waals surface area contributed by atoms with Gasteiger partial charge in [-0.2, -0.15) is 5.10 Å². The Morgan fingerprint density at radius 2 is 1.88 bits per heavy atom. The van der Waals surface area contributed by atoms with Gasteiger partial charge in [-0.1, -0.05) is 43.0 Å². The maximum atomic E-state index is 13.4. The summed E-state index contributed by atoms with van der Waals surface area (Å²) in [6.45, 7) is 5.87. The summed E-state index contributed by atoms with van der Waals surface area (Å²) in [7, 11) is 0. The van der Waals surface area contributed by atoms with Crippen LogP contribution in [0.15, 0.2) is 91.7 Å². The van der Waals surface area contributed by atoms with E-state index >= 15 is 0 Å². The molecule has 0 atom stereocenters. The van der Waals surface area contributed by atoms with E-state index in [1.165, 1.54) is 12.1 Å². The molecule has 2 aromatic carbocycles. The molecule has 0 saturated carbocycles. The number of fused-ring (bicyclic) bond motifs is 1. The maximum absolute atomic E-state index is 13.4. The van der Waals surface area contributed by atoms with Crippen molar-refractivity contribution in [3.8, 4) is 22.6 Å². The molecule has 5 aromatic rings. The third-order valence-electron chi connectivity index (χ3n) is 5.52. The van der Waals surface area contributed by atoms with Crippen LogP contribution in [0.2, 0.25) is 0 Å². The van der Waals surface area contributed by atoms with Crippen molar-refractivity contribution in [1.82, 2.24) is 20.2 Å². The third kappa shape index (κ3) is 3.54. The molecule has 0 bridgehead atoms. The van der Waals surface area contributed by atoms with Gasteiger partial charge in [-0.05, 0) is 60.5 Å². The number of hydrogen-bond acceptors (Lipinski definition) is 2. The SMILES string of the molecule is C=C/C=C(/c1ccc(F)cc1)c1cc(-c2n[nH]c3ccc(-c4ccccn4)cc23)[nH]c1C. The maximum Gasteiger partial charge on any atom is 0.123 e. The smallest absolute Gasteiger partial charge is 0.123 e. The van der Waals surface area contributed by atoms with Crippen molar-refractivity contribution in [1.29, 1.82) is 0 Å². The number of pyridine rings is 1. The molecule has 5 rings (SSSR count). The summed E-state index contributed by atoms with van der Waals surface area (Å²) >= 11 is 0. The van der Waals surface area contributed by atoms with Crippen LogP contribution >= 0.6 is 0 Å². The second-order valence-electron chi connectivity index (χ2n) is 7.59. The molecule has 2 N–H and O–H groups in total. The molecule has 0 aliphatic carbocycles. The molecule has 0 fully saturated rings. The number of aromatic nitrogens is 4. The number of benzene rings is 2. The molecule has 156 valence electrons. The molecule has 0 spiro atoms. The molecular formula is C27H21FN4. The van der Waals surface area contributed by atoms with Crippen LogP contribution in [-0.4, -0.2) is 20.2 Å². The van der Waals surface area contributed by atoms with Gasteiger partial charge in [0.25, 0.3) is 0 Å². The fourth-order valence-electron chi connectivity index (χ4n) is 3.97. The first-order valence-electron chi connectivity index (χ1n) is 10.3. The van der Waals surface area contributed by atoms with Crippen molar-refractivity contribution in [3.63, 3.8) is 0 Å². The van der Waals surface area contributed by atoms with E-state index in [1.807, 2.05) is 43.3 Å². The number of H-pyrrole nitrogens is 2. The first kappa shape index (κ1) is 19.7. The molecule has 3 aromatic heterocycles. The molecule has 0 saturated heterocycles. The van der Waals surface area contributed by atoms with Crippen LogP contribution in [0.4, 0.5) is 4.39 Å². The van der Waals surface area contributed by atoms with Gasteiger partial charge in [-0.15, -0.1) is 0 Å². The van der Waals surface area contributed by atoms with Crippen LogP contribution in [0.5, 0.6) is 0 Å². The van der Waals surface area contributed by atoms with Crippen LogP contribution in [0.3, 0.4) is 0 Å². The third-order valence-corrected chi connectivity index (χ3v) is 5.52. The van der Waals surface area contributed by atoms with Gasteiger partial charge in [0.05, 0.1) is 16.9 Å². The van der Waals surface area contributed by atoms with Crippen LogP contribution in [0.1, 0.15) is 16.8 Å². The summed E-state index contributed by atoms with van der Waals surface area (Å²) in [5.41, 5.74) is 8.54.